The van der Waals surface area contributed by atoms with E-state index in [4.69, 9.17) is 9.47 Å². The summed E-state index contributed by atoms with van der Waals surface area (Å²) in [5.41, 5.74) is 2.73. The first-order chi connectivity index (χ1) is 8.35. The number of nitrogens with zero attached hydrogens (tertiary/aromatic N) is 3. The lowest BCUT2D eigenvalue weighted by Gasteiger charge is -2.14. The van der Waals surface area contributed by atoms with Crippen LogP contribution >= 0.6 is 0 Å². The van der Waals surface area contributed by atoms with Gasteiger partial charge in [0, 0.05) is 44.2 Å². The highest BCUT2D eigenvalue weighted by Gasteiger charge is 2.13. The molecule has 6 nitrogen and oxygen atoms in total. The summed E-state index contributed by atoms with van der Waals surface area (Å²) in [7, 11) is 3.21. The van der Waals surface area contributed by atoms with E-state index in [0.29, 0.717) is 6.42 Å². The molecule has 0 aromatic carbocycles. The molecule has 0 bridgehead atoms. The number of rotatable bonds is 5. The average molecular weight is 234 g/mol. The van der Waals surface area contributed by atoms with Crippen molar-refractivity contribution in [1.29, 1.82) is 0 Å². The zero-order valence-electron chi connectivity index (χ0n) is 9.75. The van der Waals surface area contributed by atoms with Gasteiger partial charge >= 0.3 is 0 Å². The zero-order chi connectivity index (χ0) is 12.1. The predicted molar refractivity (Wildman–Crippen MR) is 61.1 cm³/mol. The normalized spacial score (nSPS) is 11.0. The van der Waals surface area contributed by atoms with Crippen molar-refractivity contribution in [2.24, 2.45) is 0 Å². The maximum Gasteiger partial charge on any atom is 0.160 e. The van der Waals surface area contributed by atoms with E-state index in [1.807, 2.05) is 0 Å². The largest absolute Gasteiger partial charge is 0.356 e. The van der Waals surface area contributed by atoms with Gasteiger partial charge in [0.1, 0.15) is 6.33 Å². The number of aromatic amines is 1. The van der Waals surface area contributed by atoms with Crippen molar-refractivity contribution in [3.63, 3.8) is 0 Å². The molecule has 0 fully saturated rings. The molecule has 0 saturated carbocycles. The number of hydrogen-bond donors (Lipinski definition) is 1. The minimum atomic E-state index is -0.299. The number of H-pyrrole nitrogens is 1. The first-order valence-electron chi connectivity index (χ1n) is 5.18. The molecule has 0 saturated heterocycles. The lowest BCUT2D eigenvalue weighted by molar-refractivity contribution is -0.100. The molecule has 0 unspecified atom stereocenters. The van der Waals surface area contributed by atoms with Gasteiger partial charge in [0.05, 0.1) is 11.9 Å². The van der Waals surface area contributed by atoms with Gasteiger partial charge < -0.3 is 9.47 Å². The van der Waals surface area contributed by atoms with E-state index in [1.54, 1.807) is 32.8 Å². The Hall–Kier alpha value is -1.79. The third-order valence-electron chi connectivity index (χ3n) is 2.47. The Morgan fingerprint density at radius 2 is 2.12 bits per heavy atom. The van der Waals surface area contributed by atoms with E-state index >= 15 is 0 Å². The van der Waals surface area contributed by atoms with Crippen LogP contribution in [-0.4, -0.2) is 40.7 Å². The number of ether oxygens (including phenoxy) is 2. The Balaban J connectivity index is 2.28. The molecule has 90 valence electrons. The van der Waals surface area contributed by atoms with Crippen molar-refractivity contribution in [2.75, 3.05) is 14.2 Å². The van der Waals surface area contributed by atoms with Gasteiger partial charge in [0.25, 0.3) is 0 Å². The molecular formula is C11H14N4O2. The molecule has 6 heteroatoms. The molecule has 0 amide bonds. The van der Waals surface area contributed by atoms with Crippen LogP contribution < -0.4 is 0 Å². The monoisotopic (exact) mass is 234 g/mol. The van der Waals surface area contributed by atoms with Gasteiger partial charge in [-0.1, -0.05) is 0 Å². The smallest absolute Gasteiger partial charge is 0.160 e. The van der Waals surface area contributed by atoms with Crippen molar-refractivity contribution >= 4 is 0 Å². The highest BCUT2D eigenvalue weighted by Crippen LogP contribution is 2.20. The van der Waals surface area contributed by atoms with Crippen molar-refractivity contribution in [3.05, 3.63) is 30.5 Å². The minimum absolute atomic E-state index is 0.299. The fraction of sp³-hybridized carbons (Fsp3) is 0.364. The van der Waals surface area contributed by atoms with Gasteiger partial charge in [0.2, 0.25) is 0 Å². The van der Waals surface area contributed by atoms with E-state index in [2.05, 4.69) is 20.2 Å². The van der Waals surface area contributed by atoms with Crippen molar-refractivity contribution in [1.82, 2.24) is 20.2 Å². The van der Waals surface area contributed by atoms with Crippen molar-refractivity contribution < 1.29 is 9.47 Å². The molecule has 0 spiro atoms. The van der Waals surface area contributed by atoms with E-state index in [9.17, 15) is 0 Å². The quantitative estimate of drug-likeness (QED) is 0.782. The van der Waals surface area contributed by atoms with Crippen molar-refractivity contribution in [2.45, 2.75) is 12.7 Å². The summed E-state index contributed by atoms with van der Waals surface area (Å²) in [6.07, 6.45) is 7.09. The highest BCUT2D eigenvalue weighted by atomic mass is 16.7. The summed E-state index contributed by atoms with van der Waals surface area (Å²) >= 11 is 0. The molecule has 2 rings (SSSR count). The van der Waals surface area contributed by atoms with E-state index in [1.165, 1.54) is 6.33 Å². The fourth-order valence-electron chi connectivity index (χ4n) is 1.59. The Kier molecular flexibility index (Phi) is 3.79. The first-order valence-corrected chi connectivity index (χ1v) is 5.18. The molecule has 0 aliphatic rings. The number of methoxy groups -OCH3 is 2. The minimum Gasteiger partial charge on any atom is -0.356 e. The topological polar surface area (TPSA) is 72.9 Å². The van der Waals surface area contributed by atoms with Crippen LogP contribution in [-0.2, 0) is 15.9 Å². The number of aromatic nitrogens is 4. The standard InChI is InChI=1S/C11H14N4O2/c1-16-10(17-2)3-8-4-12-7-13-11(8)9-5-14-15-6-9/h4-7,10H,3H2,1-2H3,(H,14,15). The van der Waals surface area contributed by atoms with E-state index < -0.39 is 0 Å². The summed E-state index contributed by atoms with van der Waals surface area (Å²) in [5.74, 6) is 0. The summed E-state index contributed by atoms with van der Waals surface area (Å²) in [5, 5.41) is 6.68. The van der Waals surface area contributed by atoms with Crippen LogP contribution in [0.25, 0.3) is 11.3 Å². The van der Waals surface area contributed by atoms with E-state index in [0.717, 1.165) is 16.8 Å². The van der Waals surface area contributed by atoms with E-state index in [-0.39, 0.29) is 6.29 Å². The van der Waals surface area contributed by atoms with Crippen LogP contribution in [0.15, 0.2) is 24.9 Å². The van der Waals surface area contributed by atoms with Crippen LogP contribution in [0.5, 0.6) is 0 Å². The predicted octanol–water partition coefficient (Wildman–Crippen LogP) is 1.03. The summed E-state index contributed by atoms with van der Waals surface area (Å²) in [6.45, 7) is 0. The third kappa shape index (κ3) is 2.66. The number of nitrogens with one attached hydrogen (secondary N) is 1. The fourth-order valence-corrected chi connectivity index (χ4v) is 1.59. The summed E-state index contributed by atoms with van der Waals surface area (Å²) in [4.78, 5) is 8.28. The Morgan fingerprint density at radius 3 is 2.76 bits per heavy atom. The van der Waals surface area contributed by atoms with Crippen LogP contribution in [0.3, 0.4) is 0 Å². The molecule has 0 radical (unpaired) electrons. The van der Waals surface area contributed by atoms with Gasteiger partial charge in [0.15, 0.2) is 6.29 Å². The van der Waals surface area contributed by atoms with Gasteiger partial charge in [-0.25, -0.2) is 9.97 Å². The van der Waals surface area contributed by atoms with Gasteiger partial charge in [-0.3, -0.25) is 5.10 Å². The number of hydrogen-bond acceptors (Lipinski definition) is 5. The lowest BCUT2D eigenvalue weighted by Crippen LogP contribution is -2.17. The Bertz CT molecular complexity index is 454. The second-order valence-electron chi connectivity index (χ2n) is 3.49. The van der Waals surface area contributed by atoms with Gasteiger partial charge in [-0.2, -0.15) is 5.10 Å². The summed E-state index contributed by atoms with van der Waals surface area (Å²) < 4.78 is 10.3. The molecule has 0 aliphatic heterocycles. The molecule has 17 heavy (non-hydrogen) atoms. The SMILES string of the molecule is COC(Cc1cncnc1-c1cn[nH]c1)OC. The Morgan fingerprint density at radius 1 is 1.29 bits per heavy atom. The first kappa shape index (κ1) is 11.7. The van der Waals surface area contributed by atoms with Crippen LogP contribution in [0.4, 0.5) is 0 Å². The Labute approximate surface area is 99.0 Å². The molecule has 2 aromatic heterocycles. The lowest BCUT2D eigenvalue weighted by atomic mass is 10.1. The second kappa shape index (κ2) is 5.51. The third-order valence-corrected chi connectivity index (χ3v) is 2.47. The van der Waals surface area contributed by atoms with Crippen molar-refractivity contribution in [3.8, 4) is 11.3 Å². The zero-order valence-corrected chi connectivity index (χ0v) is 9.75. The molecule has 1 N–H and O–H groups in total. The molecule has 0 atom stereocenters. The van der Waals surface area contributed by atoms with Gasteiger partial charge in [-0.15, -0.1) is 0 Å². The molecule has 0 aliphatic carbocycles. The van der Waals surface area contributed by atoms with Gasteiger partial charge in [-0.05, 0) is 0 Å². The molecule has 2 heterocycles. The second-order valence-corrected chi connectivity index (χ2v) is 3.49. The molecule has 2 aromatic rings. The maximum atomic E-state index is 5.17. The molecular weight excluding hydrogens is 220 g/mol. The van der Waals surface area contributed by atoms with Crippen LogP contribution in [0.2, 0.25) is 0 Å². The summed E-state index contributed by atoms with van der Waals surface area (Å²) in [6, 6.07) is 0. The maximum absolute atomic E-state index is 5.17. The highest BCUT2D eigenvalue weighted by molar-refractivity contribution is 5.60. The van der Waals surface area contributed by atoms with Crippen LogP contribution in [0, 0.1) is 0 Å². The van der Waals surface area contributed by atoms with Crippen LogP contribution in [0.1, 0.15) is 5.56 Å². The average Bonchev–Trinajstić information content (AvgIpc) is 2.90.